The predicted molar refractivity (Wildman–Crippen MR) is 77.3 cm³/mol. The van der Waals surface area contributed by atoms with Gasteiger partial charge in [-0.2, -0.15) is 5.10 Å². The highest BCUT2D eigenvalue weighted by Gasteiger charge is 2.18. The lowest BCUT2D eigenvalue weighted by atomic mass is 10.3. The third-order valence-corrected chi connectivity index (χ3v) is 4.83. The minimum absolute atomic E-state index is 0.0942. The lowest BCUT2D eigenvalue weighted by Crippen LogP contribution is -2.13. The minimum atomic E-state index is -3.69. The fourth-order valence-electron chi connectivity index (χ4n) is 1.53. The van der Waals surface area contributed by atoms with E-state index in [1.54, 1.807) is 23.0 Å². The van der Waals surface area contributed by atoms with E-state index < -0.39 is 10.0 Å². The van der Waals surface area contributed by atoms with Gasteiger partial charge in [0.25, 0.3) is 10.0 Å². The van der Waals surface area contributed by atoms with Crippen molar-refractivity contribution in [2.45, 2.75) is 18.4 Å². The highest BCUT2D eigenvalue weighted by molar-refractivity contribution is 9.10. The summed E-state index contributed by atoms with van der Waals surface area (Å²) >= 11 is 3.20. The van der Waals surface area contributed by atoms with Crippen molar-refractivity contribution >= 4 is 37.3 Å². The number of halogens is 1. The van der Waals surface area contributed by atoms with Crippen LogP contribution in [0.1, 0.15) is 6.92 Å². The van der Waals surface area contributed by atoms with E-state index in [4.69, 9.17) is 5.73 Å². The zero-order valence-electron chi connectivity index (χ0n) is 10.2. The zero-order chi connectivity index (χ0) is 14.0. The minimum Gasteiger partial charge on any atom is -0.399 e. The smallest absolute Gasteiger partial charge is 0.263 e. The summed E-state index contributed by atoms with van der Waals surface area (Å²) in [6.45, 7) is 2.59. The number of hydrogen-bond acceptors (Lipinski definition) is 4. The van der Waals surface area contributed by atoms with E-state index in [-0.39, 0.29) is 4.90 Å². The Balaban J connectivity index is 2.34. The molecule has 0 aliphatic heterocycles. The number of rotatable bonds is 4. The molecule has 0 saturated heterocycles. The maximum atomic E-state index is 12.2. The standard InChI is InChI=1S/C11H13BrN4O2S/c1-2-16-7-9(6-14-16)15-19(17,18)11-5-8(13)3-4-10(11)12/h3-7,15H,2,13H2,1H3. The van der Waals surface area contributed by atoms with Crippen molar-refractivity contribution in [2.24, 2.45) is 0 Å². The Bertz CT molecular complexity index is 696. The summed E-state index contributed by atoms with van der Waals surface area (Å²) < 4.78 is 29.0. The van der Waals surface area contributed by atoms with Crippen molar-refractivity contribution in [3.8, 4) is 0 Å². The van der Waals surface area contributed by atoms with Crippen molar-refractivity contribution in [3.63, 3.8) is 0 Å². The normalized spacial score (nSPS) is 11.5. The van der Waals surface area contributed by atoms with Gasteiger partial charge in [0.15, 0.2) is 0 Å². The summed E-state index contributed by atoms with van der Waals surface area (Å²) in [4.78, 5) is 0.0942. The molecule has 0 bridgehead atoms. The molecule has 0 spiro atoms. The molecule has 19 heavy (non-hydrogen) atoms. The van der Waals surface area contributed by atoms with Crippen LogP contribution < -0.4 is 10.5 Å². The lowest BCUT2D eigenvalue weighted by Gasteiger charge is -2.08. The number of benzene rings is 1. The van der Waals surface area contributed by atoms with Gasteiger partial charge in [-0.05, 0) is 41.1 Å². The van der Waals surface area contributed by atoms with Gasteiger partial charge in [-0.1, -0.05) is 0 Å². The number of nitrogens with two attached hydrogens (primary N) is 1. The molecular weight excluding hydrogens is 332 g/mol. The van der Waals surface area contributed by atoms with Crippen LogP contribution in [0.25, 0.3) is 0 Å². The molecule has 2 aromatic rings. The number of anilines is 2. The second-order valence-electron chi connectivity index (χ2n) is 3.88. The summed E-state index contributed by atoms with van der Waals surface area (Å²) in [7, 11) is -3.69. The summed E-state index contributed by atoms with van der Waals surface area (Å²) in [6.07, 6.45) is 3.08. The van der Waals surface area contributed by atoms with Crippen LogP contribution in [0.2, 0.25) is 0 Å². The highest BCUT2D eigenvalue weighted by Crippen LogP contribution is 2.26. The first-order chi connectivity index (χ1) is 8.92. The summed E-state index contributed by atoms with van der Waals surface area (Å²) in [5.74, 6) is 0. The van der Waals surface area contributed by atoms with Crippen LogP contribution in [0.4, 0.5) is 11.4 Å². The molecule has 1 aromatic carbocycles. The van der Waals surface area contributed by atoms with Crippen molar-refractivity contribution in [2.75, 3.05) is 10.5 Å². The Morgan fingerprint density at radius 2 is 2.21 bits per heavy atom. The predicted octanol–water partition coefficient (Wildman–Crippen LogP) is 2.05. The van der Waals surface area contributed by atoms with E-state index in [2.05, 4.69) is 25.8 Å². The van der Waals surface area contributed by atoms with Crippen molar-refractivity contribution in [1.82, 2.24) is 9.78 Å². The third kappa shape index (κ3) is 3.07. The average molecular weight is 345 g/mol. The maximum Gasteiger partial charge on any atom is 0.263 e. The first-order valence-electron chi connectivity index (χ1n) is 5.52. The Morgan fingerprint density at radius 3 is 2.84 bits per heavy atom. The van der Waals surface area contributed by atoms with Gasteiger partial charge in [0.2, 0.25) is 0 Å². The number of aromatic nitrogens is 2. The molecule has 2 rings (SSSR count). The van der Waals surface area contributed by atoms with Crippen LogP contribution in [0.3, 0.4) is 0 Å². The maximum absolute atomic E-state index is 12.2. The SMILES string of the molecule is CCn1cc(NS(=O)(=O)c2cc(N)ccc2Br)cn1. The van der Waals surface area contributed by atoms with E-state index in [1.807, 2.05) is 6.92 Å². The van der Waals surface area contributed by atoms with Gasteiger partial charge in [-0.25, -0.2) is 8.42 Å². The molecule has 0 aliphatic carbocycles. The zero-order valence-corrected chi connectivity index (χ0v) is 12.6. The van der Waals surface area contributed by atoms with Crippen LogP contribution in [-0.2, 0) is 16.6 Å². The second kappa shape index (κ2) is 5.22. The monoisotopic (exact) mass is 344 g/mol. The Kier molecular flexibility index (Phi) is 3.81. The van der Waals surface area contributed by atoms with Gasteiger partial charge in [-0.3, -0.25) is 9.40 Å². The third-order valence-electron chi connectivity index (χ3n) is 2.45. The van der Waals surface area contributed by atoms with Gasteiger partial charge in [-0.15, -0.1) is 0 Å². The van der Waals surface area contributed by atoms with Crippen LogP contribution >= 0.6 is 15.9 Å². The topological polar surface area (TPSA) is 90.0 Å². The van der Waals surface area contributed by atoms with Gasteiger partial charge >= 0.3 is 0 Å². The Morgan fingerprint density at radius 1 is 1.47 bits per heavy atom. The average Bonchev–Trinajstić information content (AvgIpc) is 2.79. The van der Waals surface area contributed by atoms with E-state index in [0.29, 0.717) is 22.4 Å². The fourth-order valence-corrected chi connectivity index (χ4v) is 3.55. The van der Waals surface area contributed by atoms with E-state index in [0.717, 1.165) is 0 Å². The molecule has 0 amide bonds. The molecule has 6 nitrogen and oxygen atoms in total. The number of sulfonamides is 1. The largest absolute Gasteiger partial charge is 0.399 e. The van der Waals surface area contributed by atoms with Gasteiger partial charge < -0.3 is 5.73 Å². The van der Waals surface area contributed by atoms with Gasteiger partial charge in [0, 0.05) is 22.9 Å². The van der Waals surface area contributed by atoms with E-state index in [1.165, 1.54) is 12.3 Å². The fraction of sp³-hybridized carbons (Fsp3) is 0.182. The van der Waals surface area contributed by atoms with Crippen molar-refractivity contribution in [3.05, 3.63) is 35.1 Å². The number of nitrogen functional groups attached to an aromatic ring is 1. The number of nitrogens with zero attached hydrogens (tertiary/aromatic N) is 2. The van der Waals surface area contributed by atoms with Crippen LogP contribution in [0.5, 0.6) is 0 Å². The van der Waals surface area contributed by atoms with Crippen LogP contribution in [-0.4, -0.2) is 18.2 Å². The van der Waals surface area contributed by atoms with Crippen molar-refractivity contribution < 1.29 is 8.42 Å². The molecule has 1 heterocycles. The van der Waals surface area contributed by atoms with Gasteiger partial charge in [0.1, 0.15) is 4.90 Å². The van der Waals surface area contributed by atoms with Gasteiger partial charge in [0.05, 0.1) is 11.9 Å². The second-order valence-corrected chi connectivity index (χ2v) is 6.39. The lowest BCUT2D eigenvalue weighted by molar-refractivity contribution is 0.601. The number of aryl methyl sites for hydroxylation is 1. The molecule has 102 valence electrons. The molecule has 8 heteroatoms. The summed E-state index contributed by atoms with van der Waals surface area (Å²) in [6, 6.07) is 4.62. The summed E-state index contributed by atoms with van der Waals surface area (Å²) in [5.41, 5.74) is 6.41. The molecular formula is C11H13BrN4O2S. The molecule has 0 atom stereocenters. The molecule has 0 saturated carbocycles. The summed E-state index contributed by atoms with van der Waals surface area (Å²) in [5, 5.41) is 4.01. The Hall–Kier alpha value is -1.54. The molecule has 0 aliphatic rings. The first kappa shape index (κ1) is 13.9. The van der Waals surface area contributed by atoms with Crippen LogP contribution in [0.15, 0.2) is 40.0 Å². The molecule has 0 fully saturated rings. The van der Waals surface area contributed by atoms with E-state index in [9.17, 15) is 8.42 Å². The molecule has 1 aromatic heterocycles. The quantitative estimate of drug-likeness (QED) is 0.830. The highest BCUT2D eigenvalue weighted by atomic mass is 79.9. The number of nitrogens with one attached hydrogen (secondary N) is 1. The first-order valence-corrected chi connectivity index (χ1v) is 7.80. The van der Waals surface area contributed by atoms with E-state index >= 15 is 0 Å². The Labute approximate surface area is 119 Å². The van der Waals surface area contributed by atoms with Crippen molar-refractivity contribution in [1.29, 1.82) is 0 Å². The van der Waals surface area contributed by atoms with Crippen LogP contribution in [0, 0.1) is 0 Å². The number of hydrogen-bond donors (Lipinski definition) is 2. The molecule has 0 unspecified atom stereocenters. The molecule has 3 N–H and O–H groups in total. The molecule has 0 radical (unpaired) electrons.